The molecule has 2 atom stereocenters. The van der Waals surface area contributed by atoms with Crippen molar-refractivity contribution in [3.8, 4) is 6.01 Å². The van der Waals surface area contributed by atoms with Gasteiger partial charge in [-0.25, -0.2) is 4.98 Å². The third-order valence-electron chi connectivity index (χ3n) is 5.58. The van der Waals surface area contributed by atoms with Gasteiger partial charge in [0.15, 0.2) is 0 Å². The second-order valence-corrected chi connectivity index (χ2v) is 8.29. The van der Waals surface area contributed by atoms with Crippen LogP contribution in [-0.4, -0.2) is 34.5 Å². The summed E-state index contributed by atoms with van der Waals surface area (Å²) in [5.41, 5.74) is 1.19. The van der Waals surface area contributed by atoms with Gasteiger partial charge in [0, 0.05) is 17.1 Å². The van der Waals surface area contributed by atoms with Gasteiger partial charge in [0.05, 0.1) is 6.20 Å². The molecular formula is C21H28BrN3O2. The number of aromatic nitrogens is 2. The first-order chi connectivity index (χ1) is 13.0. The Balaban J connectivity index is 1.80. The zero-order valence-corrected chi connectivity index (χ0v) is 17.8. The van der Waals surface area contributed by atoms with Crippen LogP contribution in [0.25, 0.3) is 0 Å². The lowest BCUT2D eigenvalue weighted by Crippen LogP contribution is -2.40. The van der Waals surface area contributed by atoms with Crippen molar-refractivity contribution in [2.24, 2.45) is 18.9 Å². The number of benzene rings is 1. The molecule has 2 aromatic rings. The molecule has 0 amide bonds. The smallest absolute Gasteiger partial charge is 0.296 e. The largest absolute Gasteiger partial charge is 0.461 e. The number of carbonyl (C=O) groups excluding carboxylic acids is 1. The topological polar surface area (TPSA) is 56.1 Å². The van der Waals surface area contributed by atoms with E-state index in [9.17, 15) is 4.79 Å². The van der Waals surface area contributed by atoms with Crippen molar-refractivity contribution in [1.29, 1.82) is 0 Å². The predicted octanol–water partition coefficient (Wildman–Crippen LogP) is 4.21. The molecule has 1 N–H and O–H groups in total. The van der Waals surface area contributed by atoms with E-state index in [1.807, 2.05) is 31.3 Å². The highest BCUT2D eigenvalue weighted by Gasteiger charge is 2.30. The molecule has 1 aromatic heterocycles. The van der Waals surface area contributed by atoms with Crippen molar-refractivity contribution < 1.29 is 9.53 Å². The van der Waals surface area contributed by atoms with Crippen LogP contribution in [0.3, 0.4) is 0 Å². The molecule has 27 heavy (non-hydrogen) atoms. The summed E-state index contributed by atoms with van der Waals surface area (Å²) in [4.78, 5) is 17.3. The van der Waals surface area contributed by atoms with E-state index in [0.29, 0.717) is 29.1 Å². The van der Waals surface area contributed by atoms with Crippen LogP contribution in [0, 0.1) is 11.8 Å². The molecule has 0 saturated carbocycles. The minimum Gasteiger partial charge on any atom is -0.461 e. The van der Waals surface area contributed by atoms with E-state index in [1.165, 1.54) is 0 Å². The molecule has 1 fully saturated rings. The molecule has 5 nitrogen and oxygen atoms in total. The molecule has 1 aromatic carbocycles. The minimum atomic E-state index is -0.0469. The third kappa shape index (κ3) is 4.61. The highest BCUT2D eigenvalue weighted by atomic mass is 79.9. The number of hydrogen-bond donors (Lipinski definition) is 1. The van der Waals surface area contributed by atoms with Crippen LogP contribution in [0.1, 0.15) is 49.2 Å². The van der Waals surface area contributed by atoms with Crippen LogP contribution in [0.15, 0.2) is 34.9 Å². The third-order valence-corrected chi connectivity index (χ3v) is 6.11. The number of rotatable bonds is 7. The van der Waals surface area contributed by atoms with Crippen molar-refractivity contribution in [3.05, 3.63) is 46.2 Å². The SMILES string of the molecule is CCC(C)C(Oc1ncc(C(=O)c2ccc(Br)cc2)n1C)C1CCNCC1. The molecular weight excluding hydrogens is 406 g/mol. The maximum absolute atomic E-state index is 12.8. The molecule has 1 saturated heterocycles. The molecule has 0 aliphatic carbocycles. The summed E-state index contributed by atoms with van der Waals surface area (Å²) in [5, 5.41) is 3.42. The Kier molecular flexibility index (Phi) is 6.71. The Hall–Kier alpha value is -1.66. The minimum absolute atomic E-state index is 0.0469. The van der Waals surface area contributed by atoms with Gasteiger partial charge in [-0.3, -0.25) is 9.36 Å². The maximum Gasteiger partial charge on any atom is 0.296 e. The second-order valence-electron chi connectivity index (χ2n) is 7.38. The average molecular weight is 434 g/mol. The monoisotopic (exact) mass is 433 g/mol. The van der Waals surface area contributed by atoms with E-state index < -0.39 is 0 Å². The Morgan fingerprint density at radius 3 is 2.63 bits per heavy atom. The Labute approximate surface area is 169 Å². The summed E-state index contributed by atoms with van der Waals surface area (Å²) in [6.45, 7) is 6.51. The van der Waals surface area contributed by atoms with E-state index in [0.717, 1.165) is 36.8 Å². The van der Waals surface area contributed by atoms with Crippen LogP contribution in [0.4, 0.5) is 0 Å². The van der Waals surface area contributed by atoms with E-state index in [2.05, 4.69) is 40.1 Å². The van der Waals surface area contributed by atoms with Gasteiger partial charge in [-0.15, -0.1) is 0 Å². The normalized spacial score (nSPS) is 17.5. The fourth-order valence-corrected chi connectivity index (χ4v) is 3.93. The number of nitrogens with zero attached hydrogens (tertiary/aromatic N) is 2. The number of imidazole rings is 1. The van der Waals surface area contributed by atoms with Crippen molar-refractivity contribution >= 4 is 21.7 Å². The first-order valence-corrected chi connectivity index (χ1v) is 10.5. The van der Waals surface area contributed by atoms with Crippen LogP contribution >= 0.6 is 15.9 Å². The summed E-state index contributed by atoms with van der Waals surface area (Å²) < 4.78 is 9.12. The van der Waals surface area contributed by atoms with E-state index in [1.54, 1.807) is 10.8 Å². The van der Waals surface area contributed by atoms with Gasteiger partial charge in [0.1, 0.15) is 11.8 Å². The van der Waals surface area contributed by atoms with E-state index in [-0.39, 0.29) is 11.9 Å². The molecule has 0 bridgehead atoms. The van der Waals surface area contributed by atoms with Gasteiger partial charge in [0.25, 0.3) is 6.01 Å². The van der Waals surface area contributed by atoms with Crippen molar-refractivity contribution in [2.45, 2.75) is 39.2 Å². The molecule has 6 heteroatoms. The van der Waals surface area contributed by atoms with Crippen LogP contribution in [0.5, 0.6) is 6.01 Å². The zero-order chi connectivity index (χ0) is 19.4. The van der Waals surface area contributed by atoms with Crippen molar-refractivity contribution in [2.75, 3.05) is 13.1 Å². The lowest BCUT2D eigenvalue weighted by molar-refractivity contribution is 0.0524. The van der Waals surface area contributed by atoms with Crippen molar-refractivity contribution in [1.82, 2.24) is 14.9 Å². The molecule has 2 heterocycles. The summed E-state index contributed by atoms with van der Waals surface area (Å²) in [7, 11) is 1.85. The molecule has 1 aliphatic rings. The number of halogens is 1. The molecule has 3 rings (SSSR count). The van der Waals surface area contributed by atoms with Gasteiger partial charge >= 0.3 is 0 Å². The fourth-order valence-electron chi connectivity index (χ4n) is 3.67. The van der Waals surface area contributed by atoms with Gasteiger partial charge < -0.3 is 10.1 Å². The van der Waals surface area contributed by atoms with Crippen LogP contribution in [-0.2, 0) is 7.05 Å². The number of ketones is 1. The Morgan fingerprint density at radius 1 is 1.33 bits per heavy atom. The predicted molar refractivity (Wildman–Crippen MR) is 110 cm³/mol. The molecule has 146 valence electrons. The highest BCUT2D eigenvalue weighted by Crippen LogP contribution is 2.28. The summed E-state index contributed by atoms with van der Waals surface area (Å²) >= 11 is 3.40. The maximum atomic E-state index is 12.8. The molecule has 1 aliphatic heterocycles. The Morgan fingerprint density at radius 2 is 2.00 bits per heavy atom. The summed E-state index contributed by atoms with van der Waals surface area (Å²) in [6.07, 6.45) is 5.03. The van der Waals surface area contributed by atoms with Crippen molar-refractivity contribution in [3.63, 3.8) is 0 Å². The number of carbonyl (C=O) groups is 1. The van der Waals surface area contributed by atoms with Crippen LogP contribution < -0.4 is 10.1 Å². The quantitative estimate of drug-likeness (QED) is 0.664. The molecule has 0 radical (unpaired) electrons. The number of hydrogen-bond acceptors (Lipinski definition) is 4. The number of ether oxygens (including phenoxy) is 1. The fraction of sp³-hybridized carbons (Fsp3) is 0.524. The van der Waals surface area contributed by atoms with Crippen LogP contribution in [0.2, 0.25) is 0 Å². The van der Waals surface area contributed by atoms with E-state index >= 15 is 0 Å². The summed E-state index contributed by atoms with van der Waals surface area (Å²) in [5.74, 6) is 0.910. The van der Waals surface area contributed by atoms with Gasteiger partial charge in [-0.1, -0.05) is 36.2 Å². The first-order valence-electron chi connectivity index (χ1n) is 9.70. The molecule has 0 spiro atoms. The summed E-state index contributed by atoms with van der Waals surface area (Å²) in [6, 6.07) is 7.90. The van der Waals surface area contributed by atoms with E-state index in [4.69, 9.17) is 4.74 Å². The Bertz CT molecular complexity index is 766. The van der Waals surface area contributed by atoms with Gasteiger partial charge in [-0.2, -0.15) is 0 Å². The number of piperidine rings is 1. The second kappa shape index (κ2) is 9.02. The van der Waals surface area contributed by atoms with Gasteiger partial charge in [-0.05, 0) is 62.0 Å². The standard InChI is InChI=1S/C21H28BrN3O2/c1-4-14(2)20(16-9-11-23-12-10-16)27-21-24-13-18(25(21)3)19(26)15-5-7-17(22)8-6-15/h5-8,13-14,16,20,23H,4,9-12H2,1-3H3. The highest BCUT2D eigenvalue weighted by molar-refractivity contribution is 9.10. The lowest BCUT2D eigenvalue weighted by Gasteiger charge is -2.34. The van der Waals surface area contributed by atoms with Gasteiger partial charge in [0.2, 0.25) is 5.78 Å². The molecule has 2 unspecified atom stereocenters. The lowest BCUT2D eigenvalue weighted by atomic mass is 9.84. The average Bonchev–Trinajstić information content (AvgIpc) is 3.06. The first kappa shape index (κ1) is 20.1. The zero-order valence-electron chi connectivity index (χ0n) is 16.2. The number of nitrogens with one attached hydrogen (secondary N) is 1.